The van der Waals surface area contributed by atoms with Crippen molar-refractivity contribution in [2.75, 3.05) is 23.7 Å². The molecule has 0 bridgehead atoms. The maximum atomic E-state index is 13.7. The van der Waals surface area contributed by atoms with Crippen molar-refractivity contribution < 1.29 is 22.4 Å². The number of carbonyl (C=O) groups is 2. The second kappa shape index (κ2) is 11.3. The minimum Gasteiger partial charge on any atom is -0.354 e. The Labute approximate surface area is 193 Å². The fourth-order valence-corrected chi connectivity index (χ4v) is 3.98. The molecule has 10 heteroatoms. The normalized spacial score (nSPS) is 12.2. The summed E-state index contributed by atoms with van der Waals surface area (Å²) in [5, 5.41) is 3.27. The molecule has 32 heavy (non-hydrogen) atoms. The van der Waals surface area contributed by atoms with Gasteiger partial charge in [-0.15, -0.1) is 0 Å². The third-order valence-corrected chi connectivity index (χ3v) is 6.15. The third kappa shape index (κ3) is 7.20. The molecule has 2 aromatic rings. The highest BCUT2D eigenvalue weighted by Crippen LogP contribution is 2.20. The van der Waals surface area contributed by atoms with Crippen molar-refractivity contribution in [2.24, 2.45) is 0 Å². The van der Waals surface area contributed by atoms with Gasteiger partial charge in [0, 0.05) is 18.1 Å². The van der Waals surface area contributed by atoms with Crippen molar-refractivity contribution in [1.29, 1.82) is 0 Å². The van der Waals surface area contributed by atoms with Crippen LogP contribution in [0.3, 0.4) is 0 Å². The van der Waals surface area contributed by atoms with E-state index >= 15 is 0 Å². The Bertz CT molecular complexity index is 1050. The van der Waals surface area contributed by atoms with Gasteiger partial charge in [0.05, 0.1) is 11.9 Å². The number of benzene rings is 2. The Balaban J connectivity index is 2.35. The molecule has 7 nitrogen and oxygen atoms in total. The van der Waals surface area contributed by atoms with Crippen LogP contribution in [0.15, 0.2) is 48.5 Å². The van der Waals surface area contributed by atoms with Crippen LogP contribution in [0.1, 0.15) is 25.8 Å². The fourth-order valence-electron chi connectivity index (χ4n) is 3.01. The molecular formula is C22H27ClFN3O4S. The van der Waals surface area contributed by atoms with Gasteiger partial charge in [-0.25, -0.2) is 12.8 Å². The van der Waals surface area contributed by atoms with E-state index < -0.39 is 34.3 Å². The summed E-state index contributed by atoms with van der Waals surface area (Å²) in [5.74, 6) is -1.59. The molecule has 1 N–H and O–H groups in total. The smallest absolute Gasteiger partial charge is 0.244 e. The van der Waals surface area contributed by atoms with Crippen LogP contribution in [0.5, 0.6) is 0 Å². The fraction of sp³-hybridized carbons (Fsp3) is 0.364. The Morgan fingerprint density at radius 3 is 2.38 bits per heavy atom. The second-order valence-corrected chi connectivity index (χ2v) is 9.71. The van der Waals surface area contributed by atoms with Crippen molar-refractivity contribution >= 4 is 39.1 Å². The van der Waals surface area contributed by atoms with Gasteiger partial charge in [-0.2, -0.15) is 0 Å². The Kier molecular flexibility index (Phi) is 9.03. The first-order valence-corrected chi connectivity index (χ1v) is 12.3. The van der Waals surface area contributed by atoms with E-state index in [1.54, 1.807) is 31.2 Å². The van der Waals surface area contributed by atoms with Gasteiger partial charge in [0.2, 0.25) is 21.8 Å². The van der Waals surface area contributed by atoms with Crippen LogP contribution in [-0.2, 0) is 26.2 Å². The molecule has 1 atom stereocenters. The second-order valence-electron chi connectivity index (χ2n) is 7.36. The lowest BCUT2D eigenvalue weighted by Gasteiger charge is -2.31. The largest absolute Gasteiger partial charge is 0.354 e. The first-order valence-electron chi connectivity index (χ1n) is 10.1. The van der Waals surface area contributed by atoms with Crippen molar-refractivity contribution in [3.05, 3.63) is 64.9 Å². The molecule has 0 aliphatic heterocycles. The van der Waals surface area contributed by atoms with Crippen molar-refractivity contribution in [3.8, 4) is 0 Å². The summed E-state index contributed by atoms with van der Waals surface area (Å²) >= 11 is 5.93. The highest BCUT2D eigenvalue weighted by Gasteiger charge is 2.30. The molecule has 0 aliphatic rings. The lowest BCUT2D eigenvalue weighted by molar-refractivity contribution is -0.139. The average Bonchev–Trinajstić information content (AvgIpc) is 2.73. The minimum absolute atomic E-state index is 0.0235. The van der Waals surface area contributed by atoms with Crippen LogP contribution in [-0.4, -0.2) is 50.5 Å². The van der Waals surface area contributed by atoms with Gasteiger partial charge in [0.1, 0.15) is 18.4 Å². The predicted molar refractivity (Wildman–Crippen MR) is 123 cm³/mol. The monoisotopic (exact) mass is 483 g/mol. The molecular weight excluding hydrogens is 457 g/mol. The van der Waals surface area contributed by atoms with Crippen molar-refractivity contribution in [2.45, 2.75) is 32.9 Å². The molecule has 0 radical (unpaired) electrons. The quantitative estimate of drug-likeness (QED) is 0.562. The highest BCUT2D eigenvalue weighted by atomic mass is 35.5. The van der Waals surface area contributed by atoms with Gasteiger partial charge in [0.15, 0.2) is 0 Å². The van der Waals surface area contributed by atoms with E-state index in [4.69, 9.17) is 11.6 Å². The topological polar surface area (TPSA) is 86.8 Å². The lowest BCUT2D eigenvalue weighted by Crippen LogP contribution is -2.51. The zero-order valence-electron chi connectivity index (χ0n) is 18.2. The number of carbonyl (C=O) groups excluding carboxylic acids is 2. The highest BCUT2D eigenvalue weighted by molar-refractivity contribution is 7.92. The zero-order valence-corrected chi connectivity index (χ0v) is 19.8. The van der Waals surface area contributed by atoms with E-state index in [0.717, 1.165) is 28.6 Å². The molecule has 0 unspecified atom stereocenters. The van der Waals surface area contributed by atoms with E-state index in [2.05, 4.69) is 5.32 Å². The number of nitrogens with zero attached hydrogens (tertiary/aromatic N) is 2. The molecule has 0 aliphatic carbocycles. The number of sulfonamides is 1. The molecule has 0 heterocycles. The zero-order chi connectivity index (χ0) is 23.9. The number of rotatable bonds is 10. The van der Waals surface area contributed by atoms with Gasteiger partial charge >= 0.3 is 0 Å². The van der Waals surface area contributed by atoms with E-state index in [1.165, 1.54) is 23.1 Å². The van der Waals surface area contributed by atoms with Gasteiger partial charge in [-0.1, -0.05) is 36.7 Å². The van der Waals surface area contributed by atoms with Gasteiger partial charge in [0.25, 0.3) is 0 Å². The van der Waals surface area contributed by atoms with Gasteiger partial charge in [-0.05, 0) is 49.2 Å². The molecule has 0 saturated carbocycles. The van der Waals surface area contributed by atoms with E-state index in [0.29, 0.717) is 11.6 Å². The van der Waals surface area contributed by atoms with Gasteiger partial charge in [-0.3, -0.25) is 13.9 Å². The average molecular weight is 484 g/mol. The summed E-state index contributed by atoms with van der Waals surface area (Å²) < 4.78 is 39.3. The van der Waals surface area contributed by atoms with E-state index in [-0.39, 0.29) is 18.1 Å². The van der Waals surface area contributed by atoms with Crippen molar-refractivity contribution in [1.82, 2.24) is 10.2 Å². The first kappa shape index (κ1) is 25.6. The SMILES string of the molecule is CCCNC(=O)[C@H](C)N(Cc1ccc(Cl)cc1)C(=O)CN(c1cccc(F)c1)S(C)(=O)=O. The Morgan fingerprint density at radius 1 is 1.16 bits per heavy atom. The molecule has 2 rings (SSSR count). The number of halogens is 2. The van der Waals surface area contributed by atoms with Crippen LogP contribution < -0.4 is 9.62 Å². The van der Waals surface area contributed by atoms with Crippen LogP contribution in [0.4, 0.5) is 10.1 Å². The molecule has 0 fully saturated rings. The Hall–Kier alpha value is -2.65. The molecule has 0 spiro atoms. The maximum absolute atomic E-state index is 13.7. The molecule has 174 valence electrons. The van der Waals surface area contributed by atoms with E-state index in [1.807, 2.05) is 6.92 Å². The van der Waals surface area contributed by atoms with Crippen LogP contribution in [0.25, 0.3) is 0 Å². The number of hydrogen-bond acceptors (Lipinski definition) is 4. The summed E-state index contributed by atoms with van der Waals surface area (Å²) in [4.78, 5) is 27.1. The van der Waals surface area contributed by atoms with Gasteiger partial charge < -0.3 is 10.2 Å². The third-order valence-electron chi connectivity index (χ3n) is 4.76. The summed E-state index contributed by atoms with van der Waals surface area (Å²) in [6, 6.07) is 10.9. The number of hydrogen-bond donors (Lipinski definition) is 1. The first-order chi connectivity index (χ1) is 15.0. The molecule has 2 amide bonds. The molecule has 2 aromatic carbocycles. The number of anilines is 1. The molecule has 0 aromatic heterocycles. The molecule has 0 saturated heterocycles. The lowest BCUT2D eigenvalue weighted by atomic mass is 10.1. The summed E-state index contributed by atoms with van der Waals surface area (Å²) in [5.41, 5.74) is 0.741. The maximum Gasteiger partial charge on any atom is 0.244 e. The summed E-state index contributed by atoms with van der Waals surface area (Å²) in [7, 11) is -3.90. The standard InChI is InChI=1S/C22H27ClFN3O4S/c1-4-12-25-22(29)16(2)26(14-17-8-10-18(23)11-9-17)21(28)15-27(32(3,30)31)20-7-5-6-19(24)13-20/h5-11,13,16H,4,12,14-15H2,1-3H3,(H,25,29)/t16-/m0/s1. The van der Waals surface area contributed by atoms with E-state index in [9.17, 15) is 22.4 Å². The minimum atomic E-state index is -3.90. The van der Waals surface area contributed by atoms with Crippen LogP contribution >= 0.6 is 11.6 Å². The summed E-state index contributed by atoms with van der Waals surface area (Å²) in [6.07, 6.45) is 1.66. The van der Waals surface area contributed by atoms with Crippen LogP contribution in [0.2, 0.25) is 5.02 Å². The number of nitrogens with one attached hydrogen (secondary N) is 1. The number of amides is 2. The Morgan fingerprint density at radius 2 is 1.81 bits per heavy atom. The van der Waals surface area contributed by atoms with Crippen molar-refractivity contribution in [3.63, 3.8) is 0 Å². The summed E-state index contributed by atoms with van der Waals surface area (Å²) in [6.45, 7) is 3.42. The predicted octanol–water partition coefficient (Wildman–Crippen LogP) is 3.19. The van der Waals surface area contributed by atoms with Crippen LogP contribution in [0, 0.1) is 5.82 Å².